The number of hydrogen-bond donors (Lipinski definition) is 1. The molecule has 3 aromatic rings. The van der Waals surface area contributed by atoms with Gasteiger partial charge < -0.3 is 10.1 Å². The zero-order valence-electron chi connectivity index (χ0n) is 13.3. The lowest BCUT2D eigenvalue weighted by molar-refractivity contribution is -0.122. The molecule has 0 saturated heterocycles. The van der Waals surface area contributed by atoms with E-state index in [1.165, 1.54) is 22.2 Å². The number of nitrogens with one attached hydrogen (secondary N) is 1. The fraction of sp³-hybridized carbons (Fsp3) is 0.312. The summed E-state index contributed by atoms with van der Waals surface area (Å²) in [5.41, 5.74) is 0.684. The summed E-state index contributed by atoms with van der Waals surface area (Å²) in [6, 6.07) is 3.81. The van der Waals surface area contributed by atoms with Crippen LogP contribution in [0.15, 0.2) is 34.0 Å². The van der Waals surface area contributed by atoms with Gasteiger partial charge in [0.25, 0.3) is 5.56 Å². The minimum atomic E-state index is -0.240. The molecule has 1 atom stereocenters. The van der Waals surface area contributed by atoms with Crippen molar-refractivity contribution in [3.8, 4) is 10.4 Å². The van der Waals surface area contributed by atoms with Crippen molar-refractivity contribution in [2.24, 2.45) is 0 Å². The molecule has 0 unspecified atom stereocenters. The van der Waals surface area contributed by atoms with Crippen LogP contribution in [-0.4, -0.2) is 35.2 Å². The quantitative estimate of drug-likeness (QED) is 0.730. The Bertz CT molecular complexity index is 899. The van der Waals surface area contributed by atoms with Crippen LogP contribution in [0.2, 0.25) is 0 Å². The van der Waals surface area contributed by atoms with Crippen molar-refractivity contribution < 1.29 is 9.53 Å². The minimum Gasteiger partial charge on any atom is -0.383 e. The molecule has 3 heterocycles. The Kier molecular flexibility index (Phi) is 5.08. The highest BCUT2D eigenvalue weighted by atomic mass is 32.1. The molecule has 0 radical (unpaired) electrons. The Morgan fingerprint density at radius 3 is 3.00 bits per heavy atom. The van der Waals surface area contributed by atoms with Crippen LogP contribution in [0.5, 0.6) is 0 Å². The second kappa shape index (κ2) is 7.25. The summed E-state index contributed by atoms with van der Waals surface area (Å²) in [6.07, 6.45) is 1.43. The molecule has 0 spiro atoms. The predicted octanol–water partition coefficient (Wildman–Crippen LogP) is 2.34. The predicted molar refractivity (Wildman–Crippen MR) is 96.7 cm³/mol. The number of thiophene rings is 2. The van der Waals surface area contributed by atoms with Crippen molar-refractivity contribution in [3.05, 3.63) is 39.6 Å². The van der Waals surface area contributed by atoms with Gasteiger partial charge in [0.2, 0.25) is 5.91 Å². The van der Waals surface area contributed by atoms with E-state index in [2.05, 4.69) is 10.3 Å². The number of methoxy groups -OCH3 is 1. The largest absolute Gasteiger partial charge is 0.383 e. The van der Waals surface area contributed by atoms with Crippen LogP contribution < -0.4 is 10.9 Å². The van der Waals surface area contributed by atoms with E-state index in [1.54, 1.807) is 18.4 Å². The van der Waals surface area contributed by atoms with Crippen LogP contribution in [-0.2, 0) is 16.1 Å². The van der Waals surface area contributed by atoms with Crippen LogP contribution in [0.3, 0.4) is 0 Å². The molecule has 8 heteroatoms. The third kappa shape index (κ3) is 3.40. The van der Waals surface area contributed by atoms with Gasteiger partial charge in [-0.15, -0.1) is 22.7 Å². The normalized spacial score (nSPS) is 12.4. The average Bonchev–Trinajstić information content (AvgIpc) is 3.19. The summed E-state index contributed by atoms with van der Waals surface area (Å²) in [4.78, 5) is 30.9. The number of carbonyl (C=O) groups is 1. The van der Waals surface area contributed by atoms with Crippen LogP contribution in [0.4, 0.5) is 0 Å². The molecule has 0 aromatic carbocycles. The molecule has 0 bridgehead atoms. The highest BCUT2D eigenvalue weighted by Gasteiger charge is 2.15. The summed E-state index contributed by atoms with van der Waals surface area (Å²) in [6.45, 7) is 2.21. The molecule has 0 fully saturated rings. The van der Waals surface area contributed by atoms with E-state index in [0.29, 0.717) is 16.8 Å². The molecule has 3 rings (SSSR count). The first-order valence-corrected chi connectivity index (χ1v) is 9.15. The third-order valence-electron chi connectivity index (χ3n) is 3.49. The van der Waals surface area contributed by atoms with Crippen LogP contribution >= 0.6 is 22.7 Å². The highest BCUT2D eigenvalue weighted by Crippen LogP contribution is 2.33. The van der Waals surface area contributed by atoms with E-state index in [0.717, 1.165) is 10.4 Å². The molecule has 6 nitrogen and oxygen atoms in total. The van der Waals surface area contributed by atoms with Gasteiger partial charge >= 0.3 is 0 Å². The van der Waals surface area contributed by atoms with Crippen LogP contribution in [0.25, 0.3) is 20.7 Å². The maximum absolute atomic E-state index is 12.8. The molecule has 126 valence electrons. The van der Waals surface area contributed by atoms with Gasteiger partial charge in [0.1, 0.15) is 11.4 Å². The molecule has 24 heavy (non-hydrogen) atoms. The van der Waals surface area contributed by atoms with Crippen LogP contribution in [0.1, 0.15) is 6.92 Å². The van der Waals surface area contributed by atoms with Gasteiger partial charge in [-0.05, 0) is 18.4 Å². The first-order valence-electron chi connectivity index (χ1n) is 7.39. The van der Waals surface area contributed by atoms with E-state index < -0.39 is 0 Å². The van der Waals surface area contributed by atoms with E-state index in [4.69, 9.17) is 4.74 Å². The Labute approximate surface area is 146 Å². The topological polar surface area (TPSA) is 73.2 Å². The minimum absolute atomic E-state index is 0.0600. The second-order valence-corrected chi connectivity index (χ2v) is 7.21. The first-order chi connectivity index (χ1) is 11.6. The smallest absolute Gasteiger partial charge is 0.263 e. The zero-order valence-corrected chi connectivity index (χ0v) is 14.9. The van der Waals surface area contributed by atoms with E-state index in [9.17, 15) is 9.59 Å². The van der Waals surface area contributed by atoms with Crippen LogP contribution in [0, 0.1) is 0 Å². The molecule has 0 aliphatic rings. The van der Waals surface area contributed by atoms with Crippen molar-refractivity contribution in [1.82, 2.24) is 14.9 Å². The molecule has 0 aliphatic carbocycles. The Morgan fingerprint density at radius 2 is 2.29 bits per heavy atom. The number of nitrogens with zero attached hydrogens (tertiary/aromatic N) is 2. The molecule has 1 amide bonds. The van der Waals surface area contributed by atoms with Gasteiger partial charge in [-0.25, -0.2) is 4.98 Å². The lowest BCUT2D eigenvalue weighted by Crippen LogP contribution is -2.39. The van der Waals surface area contributed by atoms with Gasteiger partial charge in [-0.3, -0.25) is 14.2 Å². The maximum atomic E-state index is 12.8. The van der Waals surface area contributed by atoms with E-state index in [-0.39, 0.29) is 24.1 Å². The van der Waals surface area contributed by atoms with Gasteiger partial charge in [0.05, 0.1) is 18.3 Å². The number of aromatic nitrogens is 2. The molecule has 3 aromatic heterocycles. The average molecular weight is 363 g/mol. The molecule has 1 N–H and O–H groups in total. The second-order valence-electron chi connectivity index (χ2n) is 5.41. The summed E-state index contributed by atoms with van der Waals surface area (Å²) >= 11 is 3.01. The number of carbonyl (C=O) groups excluding carboxylic acids is 1. The summed E-state index contributed by atoms with van der Waals surface area (Å²) < 4.78 is 6.34. The van der Waals surface area contributed by atoms with Crippen molar-refractivity contribution in [1.29, 1.82) is 0 Å². The van der Waals surface area contributed by atoms with E-state index in [1.807, 2.05) is 29.8 Å². The summed E-state index contributed by atoms with van der Waals surface area (Å²) in [5, 5.41) is 7.28. The van der Waals surface area contributed by atoms with Crippen molar-refractivity contribution in [3.63, 3.8) is 0 Å². The Balaban J connectivity index is 1.90. The fourth-order valence-electron chi connectivity index (χ4n) is 2.46. The lowest BCUT2D eigenvalue weighted by atomic mass is 10.2. The monoisotopic (exact) mass is 363 g/mol. The van der Waals surface area contributed by atoms with Crippen molar-refractivity contribution in [2.45, 2.75) is 19.5 Å². The van der Waals surface area contributed by atoms with Crippen molar-refractivity contribution >= 4 is 38.8 Å². The first kappa shape index (κ1) is 16.8. The summed E-state index contributed by atoms with van der Waals surface area (Å²) in [5.74, 6) is -0.240. The number of hydrogen-bond acceptors (Lipinski definition) is 6. The molecule has 0 aliphatic heterocycles. The van der Waals surface area contributed by atoms with Gasteiger partial charge in [-0.2, -0.15) is 0 Å². The van der Waals surface area contributed by atoms with Gasteiger partial charge in [0, 0.05) is 29.0 Å². The standard InChI is InChI=1S/C16H17N3O3S2/c1-10(7-22-2)18-13(20)6-19-9-17-15-14(16(19)21)11(8-24-15)12-4-3-5-23-12/h3-5,8-10H,6-7H2,1-2H3,(H,18,20)/t10-/m1/s1. The lowest BCUT2D eigenvalue weighted by Gasteiger charge is -2.13. The van der Waals surface area contributed by atoms with Crippen molar-refractivity contribution in [2.75, 3.05) is 13.7 Å². The zero-order chi connectivity index (χ0) is 17.1. The Hall–Kier alpha value is -2.03. The number of amides is 1. The van der Waals surface area contributed by atoms with E-state index >= 15 is 0 Å². The number of rotatable bonds is 6. The fourth-order valence-corrected chi connectivity index (χ4v) is 4.18. The van der Waals surface area contributed by atoms with Gasteiger partial charge in [-0.1, -0.05) is 6.07 Å². The third-order valence-corrected chi connectivity index (χ3v) is 5.27. The maximum Gasteiger partial charge on any atom is 0.263 e. The molecular formula is C16H17N3O3S2. The number of fused-ring (bicyclic) bond motifs is 1. The number of ether oxygens (including phenoxy) is 1. The summed E-state index contributed by atoms with van der Waals surface area (Å²) in [7, 11) is 1.58. The molecule has 0 saturated carbocycles. The Morgan fingerprint density at radius 1 is 1.46 bits per heavy atom. The molecular weight excluding hydrogens is 346 g/mol. The SMILES string of the molecule is COC[C@@H](C)NC(=O)Cn1cnc2scc(-c3cccs3)c2c1=O. The van der Waals surface area contributed by atoms with Gasteiger partial charge in [0.15, 0.2) is 0 Å². The highest BCUT2D eigenvalue weighted by molar-refractivity contribution is 7.18.